The number of hydrogen-bond acceptors (Lipinski definition) is 6. The fraction of sp³-hybridized carbons (Fsp3) is 0.765. The number of ether oxygens (including phenoxy) is 1. The van der Waals surface area contributed by atoms with Crippen molar-refractivity contribution in [3.63, 3.8) is 0 Å². The van der Waals surface area contributed by atoms with Crippen molar-refractivity contribution < 1.29 is 17.9 Å². The molecule has 0 aromatic heterocycles. The van der Waals surface area contributed by atoms with Gasteiger partial charge < -0.3 is 15.0 Å². The molecule has 1 unspecified atom stereocenters. The summed E-state index contributed by atoms with van der Waals surface area (Å²) in [6, 6.07) is 1.87. The summed E-state index contributed by atoms with van der Waals surface area (Å²) in [5.74, 6) is -0.181. The minimum absolute atomic E-state index is 0.0194. The van der Waals surface area contributed by atoms with E-state index in [-0.39, 0.29) is 35.1 Å². The Hall–Kier alpha value is -1.59. The number of amides is 1. The summed E-state index contributed by atoms with van der Waals surface area (Å²) >= 11 is 0. The maximum atomic E-state index is 12.4. The zero-order chi connectivity index (χ0) is 18.3. The zero-order valence-corrected chi connectivity index (χ0v) is 15.6. The van der Waals surface area contributed by atoms with Gasteiger partial charge in [0.15, 0.2) is 9.84 Å². The maximum absolute atomic E-state index is 12.4. The van der Waals surface area contributed by atoms with Crippen LogP contribution in [0.4, 0.5) is 0 Å². The third kappa shape index (κ3) is 6.01. The van der Waals surface area contributed by atoms with Gasteiger partial charge in [-0.15, -0.1) is 0 Å². The molecule has 7 nitrogen and oxygen atoms in total. The lowest BCUT2D eigenvalue weighted by Gasteiger charge is -2.27. The van der Waals surface area contributed by atoms with Gasteiger partial charge in [-0.1, -0.05) is 19.3 Å². The molecule has 1 saturated carbocycles. The molecule has 1 amide bonds. The Labute approximate surface area is 149 Å². The second kappa shape index (κ2) is 9.20. The van der Waals surface area contributed by atoms with Crippen molar-refractivity contribution >= 4 is 15.7 Å². The Bertz CT molecular complexity index is 633. The lowest BCUT2D eigenvalue weighted by molar-refractivity contribution is -0.118. The van der Waals surface area contributed by atoms with Crippen LogP contribution in [0, 0.1) is 11.3 Å². The van der Waals surface area contributed by atoms with Crippen LogP contribution in [0.5, 0.6) is 0 Å². The average molecular weight is 369 g/mol. The Morgan fingerprint density at radius 1 is 1.32 bits per heavy atom. The lowest BCUT2D eigenvalue weighted by Crippen LogP contribution is -2.39. The molecule has 1 atom stereocenters. The van der Waals surface area contributed by atoms with E-state index in [0.29, 0.717) is 19.6 Å². The van der Waals surface area contributed by atoms with E-state index < -0.39 is 9.84 Å². The second-order valence-corrected chi connectivity index (χ2v) is 8.98. The summed E-state index contributed by atoms with van der Waals surface area (Å²) in [4.78, 5) is 14.2. The van der Waals surface area contributed by atoms with E-state index in [9.17, 15) is 18.5 Å². The van der Waals surface area contributed by atoms with E-state index in [1.807, 2.05) is 6.07 Å². The normalized spacial score (nSPS) is 23.8. The predicted octanol–water partition coefficient (Wildman–Crippen LogP) is 0.978. The molecule has 0 spiro atoms. The number of sulfone groups is 1. The monoisotopic (exact) mass is 369 g/mol. The molecule has 1 aliphatic heterocycles. The lowest BCUT2D eigenvalue weighted by atomic mass is 9.95. The first-order valence-corrected chi connectivity index (χ1v) is 10.6. The Morgan fingerprint density at radius 2 is 2.04 bits per heavy atom. The van der Waals surface area contributed by atoms with Crippen LogP contribution in [0.15, 0.2) is 11.8 Å². The van der Waals surface area contributed by atoms with Crippen LogP contribution in [-0.4, -0.2) is 63.1 Å². The highest BCUT2D eigenvalue weighted by Gasteiger charge is 2.31. The van der Waals surface area contributed by atoms with Gasteiger partial charge in [-0.05, 0) is 19.3 Å². The first kappa shape index (κ1) is 19.7. The molecule has 2 rings (SSSR count). The Balaban J connectivity index is 2.08. The number of nitriles is 1. The molecule has 2 aliphatic rings. The van der Waals surface area contributed by atoms with E-state index in [1.165, 1.54) is 12.6 Å². The molecule has 0 aromatic rings. The number of nitrogens with one attached hydrogen (secondary N) is 1. The van der Waals surface area contributed by atoms with Crippen molar-refractivity contribution in [2.75, 3.05) is 31.8 Å². The van der Waals surface area contributed by atoms with Crippen molar-refractivity contribution in [2.24, 2.45) is 0 Å². The maximum Gasteiger partial charge on any atom is 0.263 e. The summed E-state index contributed by atoms with van der Waals surface area (Å²) in [5, 5.41) is 12.3. The van der Waals surface area contributed by atoms with Crippen LogP contribution in [0.25, 0.3) is 0 Å². The van der Waals surface area contributed by atoms with Gasteiger partial charge in [0.2, 0.25) is 0 Å². The van der Waals surface area contributed by atoms with E-state index >= 15 is 0 Å². The van der Waals surface area contributed by atoms with Crippen LogP contribution in [0.3, 0.4) is 0 Å². The third-order valence-corrected chi connectivity index (χ3v) is 6.58. The Morgan fingerprint density at radius 3 is 2.60 bits per heavy atom. The van der Waals surface area contributed by atoms with Crippen molar-refractivity contribution in [3.8, 4) is 6.07 Å². The standard InChI is InChI=1S/C17H27N3O4S/c1-24-9-8-20(16-7-10-25(22,23)13-16)12-14(11-18)17(21)19-15-5-3-2-4-6-15/h12,15-16H,2-10,13H2,1H3,(H,19,21)/b14-12-. The van der Waals surface area contributed by atoms with Gasteiger partial charge in [0.05, 0.1) is 18.1 Å². The quantitative estimate of drug-likeness (QED) is 0.530. The molecule has 140 valence electrons. The smallest absolute Gasteiger partial charge is 0.263 e. The van der Waals surface area contributed by atoms with Crippen molar-refractivity contribution in [3.05, 3.63) is 11.8 Å². The highest BCUT2D eigenvalue weighted by atomic mass is 32.2. The summed E-state index contributed by atoms with van der Waals surface area (Å²) in [7, 11) is -1.48. The number of methoxy groups -OCH3 is 1. The topological polar surface area (TPSA) is 99.5 Å². The number of rotatable bonds is 7. The first-order chi connectivity index (χ1) is 11.9. The molecule has 0 bridgehead atoms. The number of carbonyl (C=O) groups excluding carboxylic acids is 1. The van der Waals surface area contributed by atoms with E-state index in [1.54, 1.807) is 12.0 Å². The molecular formula is C17H27N3O4S. The molecule has 1 N–H and O–H groups in total. The van der Waals surface area contributed by atoms with Crippen molar-refractivity contribution in [1.29, 1.82) is 5.26 Å². The van der Waals surface area contributed by atoms with Gasteiger partial charge >= 0.3 is 0 Å². The molecule has 0 radical (unpaired) electrons. The average Bonchev–Trinajstić information content (AvgIpc) is 2.96. The van der Waals surface area contributed by atoms with Gasteiger partial charge in [0, 0.05) is 31.9 Å². The number of nitrogens with zero attached hydrogens (tertiary/aromatic N) is 2. The van der Waals surface area contributed by atoms with Crippen LogP contribution < -0.4 is 5.32 Å². The molecule has 1 saturated heterocycles. The molecule has 1 heterocycles. The second-order valence-electron chi connectivity index (χ2n) is 6.75. The SMILES string of the molecule is COCCN(/C=C(/C#N)C(=O)NC1CCCCC1)C1CCS(=O)(=O)C1. The molecule has 1 aliphatic carbocycles. The molecule has 8 heteroatoms. The zero-order valence-electron chi connectivity index (χ0n) is 14.7. The summed E-state index contributed by atoms with van der Waals surface area (Å²) in [6.07, 6.45) is 7.27. The van der Waals surface area contributed by atoms with Gasteiger partial charge in [-0.3, -0.25) is 4.79 Å². The largest absolute Gasteiger partial charge is 0.383 e. The summed E-state index contributed by atoms with van der Waals surface area (Å²) < 4.78 is 28.6. The van der Waals surface area contributed by atoms with Crippen LogP contribution in [0.1, 0.15) is 38.5 Å². The predicted molar refractivity (Wildman–Crippen MR) is 94.4 cm³/mol. The fourth-order valence-electron chi connectivity index (χ4n) is 3.40. The molecule has 0 aromatic carbocycles. The fourth-order valence-corrected chi connectivity index (χ4v) is 5.14. The Kier molecular flexibility index (Phi) is 7.26. The van der Waals surface area contributed by atoms with Gasteiger partial charge in [-0.2, -0.15) is 5.26 Å². The van der Waals surface area contributed by atoms with E-state index in [2.05, 4.69) is 5.32 Å². The molecule has 2 fully saturated rings. The van der Waals surface area contributed by atoms with Crippen LogP contribution in [-0.2, 0) is 19.4 Å². The van der Waals surface area contributed by atoms with E-state index in [0.717, 1.165) is 25.7 Å². The number of carbonyl (C=O) groups is 1. The third-order valence-electron chi connectivity index (χ3n) is 4.83. The highest BCUT2D eigenvalue weighted by Crippen LogP contribution is 2.20. The minimum atomic E-state index is -3.05. The highest BCUT2D eigenvalue weighted by molar-refractivity contribution is 7.91. The van der Waals surface area contributed by atoms with Crippen molar-refractivity contribution in [2.45, 2.75) is 50.6 Å². The minimum Gasteiger partial charge on any atom is -0.383 e. The summed E-state index contributed by atoms with van der Waals surface area (Å²) in [5.41, 5.74) is 0.0194. The molecule has 25 heavy (non-hydrogen) atoms. The molecular weight excluding hydrogens is 342 g/mol. The van der Waals surface area contributed by atoms with Gasteiger partial charge in [0.1, 0.15) is 11.6 Å². The summed E-state index contributed by atoms with van der Waals surface area (Å²) in [6.45, 7) is 0.842. The van der Waals surface area contributed by atoms with Crippen LogP contribution >= 0.6 is 0 Å². The van der Waals surface area contributed by atoms with Gasteiger partial charge in [-0.25, -0.2) is 8.42 Å². The van der Waals surface area contributed by atoms with E-state index in [4.69, 9.17) is 4.74 Å². The number of hydrogen-bond donors (Lipinski definition) is 1. The van der Waals surface area contributed by atoms with Crippen LogP contribution in [0.2, 0.25) is 0 Å². The van der Waals surface area contributed by atoms with Crippen molar-refractivity contribution in [1.82, 2.24) is 10.2 Å². The van der Waals surface area contributed by atoms with Gasteiger partial charge in [0.25, 0.3) is 5.91 Å². The first-order valence-electron chi connectivity index (χ1n) is 8.83.